The van der Waals surface area contributed by atoms with Crippen LogP contribution in [0.5, 0.6) is 0 Å². The Kier molecular flexibility index (Phi) is 2.05. The number of rotatable bonds is 1. The van der Waals surface area contributed by atoms with Crippen molar-refractivity contribution < 1.29 is 0 Å². The van der Waals surface area contributed by atoms with Crippen LogP contribution in [0.2, 0.25) is 0 Å². The van der Waals surface area contributed by atoms with Gasteiger partial charge in [0.2, 0.25) is 5.78 Å². The molecule has 0 aliphatic heterocycles. The van der Waals surface area contributed by atoms with Crippen LogP contribution >= 0.6 is 15.9 Å². The molecule has 0 bridgehead atoms. The predicted octanol–water partition coefficient (Wildman–Crippen LogP) is 1.26. The van der Waals surface area contributed by atoms with Crippen LogP contribution < -0.4 is 5.73 Å². The van der Waals surface area contributed by atoms with Crippen molar-refractivity contribution in [2.24, 2.45) is 5.73 Å². The van der Waals surface area contributed by atoms with Gasteiger partial charge in [0, 0.05) is 12.7 Å². The topological polar surface area (TPSA) is 56.2 Å². The molecule has 4 nitrogen and oxygen atoms in total. The molecule has 0 unspecified atom stereocenters. The Morgan fingerprint density at radius 2 is 2.31 bits per heavy atom. The molecule has 0 fully saturated rings. The fraction of sp³-hybridized carbons (Fsp3) is 0.250. The van der Waals surface area contributed by atoms with E-state index in [2.05, 4.69) is 25.9 Å². The van der Waals surface area contributed by atoms with E-state index >= 15 is 0 Å². The molecule has 2 rings (SSSR count). The fourth-order valence-corrected chi connectivity index (χ4v) is 1.59. The van der Waals surface area contributed by atoms with Crippen LogP contribution in [-0.2, 0) is 6.54 Å². The molecule has 0 saturated carbocycles. The molecule has 0 atom stereocenters. The maximum atomic E-state index is 5.60. The fourth-order valence-electron chi connectivity index (χ4n) is 1.31. The summed E-state index contributed by atoms with van der Waals surface area (Å²) < 4.78 is 2.69. The minimum absolute atomic E-state index is 0.482. The molecule has 0 aliphatic rings. The Labute approximate surface area is 83.9 Å². The Bertz CT molecular complexity index is 449. The van der Waals surface area contributed by atoms with Crippen LogP contribution in [0.25, 0.3) is 5.78 Å². The predicted molar refractivity (Wildman–Crippen MR) is 53.3 cm³/mol. The normalized spacial score (nSPS) is 11.0. The summed E-state index contributed by atoms with van der Waals surface area (Å²) in [6, 6.07) is 1.87. The summed E-state index contributed by atoms with van der Waals surface area (Å²) in [4.78, 5) is 8.50. The van der Waals surface area contributed by atoms with Gasteiger partial charge in [0.05, 0.1) is 11.4 Å². The Balaban J connectivity index is 2.79. The zero-order chi connectivity index (χ0) is 9.42. The second-order valence-corrected chi connectivity index (χ2v) is 3.58. The van der Waals surface area contributed by atoms with E-state index in [0.717, 1.165) is 16.0 Å². The molecule has 0 aromatic carbocycles. The first-order chi connectivity index (χ1) is 6.22. The van der Waals surface area contributed by atoms with Crippen molar-refractivity contribution in [3.8, 4) is 0 Å². The van der Waals surface area contributed by atoms with E-state index < -0.39 is 0 Å². The Morgan fingerprint density at radius 1 is 1.54 bits per heavy atom. The van der Waals surface area contributed by atoms with Gasteiger partial charge in [-0.25, -0.2) is 9.97 Å². The molecule has 2 heterocycles. The van der Waals surface area contributed by atoms with Crippen molar-refractivity contribution >= 4 is 21.7 Å². The minimum Gasteiger partial charge on any atom is -0.325 e. The van der Waals surface area contributed by atoms with Crippen molar-refractivity contribution in [2.45, 2.75) is 13.5 Å². The lowest BCUT2D eigenvalue weighted by molar-refractivity contribution is 0.932. The first-order valence-corrected chi connectivity index (χ1v) is 4.72. The van der Waals surface area contributed by atoms with Gasteiger partial charge in [-0.2, -0.15) is 0 Å². The summed E-state index contributed by atoms with van der Waals surface area (Å²) in [5.74, 6) is 0.687. The number of imidazole rings is 1. The van der Waals surface area contributed by atoms with Gasteiger partial charge in [-0.15, -0.1) is 0 Å². The lowest BCUT2D eigenvalue weighted by atomic mass is 10.3. The molecule has 13 heavy (non-hydrogen) atoms. The average molecular weight is 241 g/mol. The highest BCUT2D eigenvalue weighted by Gasteiger charge is 2.07. The summed E-state index contributed by atoms with van der Waals surface area (Å²) in [5, 5.41) is 0. The van der Waals surface area contributed by atoms with E-state index in [4.69, 9.17) is 5.73 Å². The number of hydrogen-bond acceptors (Lipinski definition) is 3. The maximum Gasteiger partial charge on any atom is 0.235 e. The lowest BCUT2D eigenvalue weighted by Crippen LogP contribution is -2.02. The molecule has 68 valence electrons. The molecule has 5 heteroatoms. The van der Waals surface area contributed by atoms with Gasteiger partial charge in [0.15, 0.2) is 0 Å². The van der Waals surface area contributed by atoms with Gasteiger partial charge < -0.3 is 5.73 Å². The van der Waals surface area contributed by atoms with E-state index in [1.54, 1.807) is 0 Å². The van der Waals surface area contributed by atoms with E-state index in [1.165, 1.54) is 0 Å². The maximum absolute atomic E-state index is 5.60. The molecule has 0 radical (unpaired) electrons. The van der Waals surface area contributed by atoms with Gasteiger partial charge in [-0.3, -0.25) is 4.40 Å². The summed E-state index contributed by atoms with van der Waals surface area (Å²) in [6.07, 6.45) is 1.91. The first kappa shape index (κ1) is 8.65. The molecule has 2 N–H and O–H groups in total. The molecular formula is C8H9BrN4. The molecule has 0 amide bonds. The van der Waals surface area contributed by atoms with Crippen molar-refractivity contribution in [3.05, 3.63) is 28.3 Å². The van der Waals surface area contributed by atoms with Gasteiger partial charge in [0.1, 0.15) is 4.60 Å². The molecule has 0 aliphatic carbocycles. The third kappa shape index (κ3) is 1.34. The molecular weight excluding hydrogens is 232 g/mol. The number of fused-ring (bicyclic) bond motifs is 1. The van der Waals surface area contributed by atoms with Crippen LogP contribution in [0.1, 0.15) is 11.4 Å². The van der Waals surface area contributed by atoms with Crippen LogP contribution in [0.3, 0.4) is 0 Å². The number of aromatic nitrogens is 3. The van der Waals surface area contributed by atoms with Crippen molar-refractivity contribution in [3.63, 3.8) is 0 Å². The second kappa shape index (κ2) is 3.08. The van der Waals surface area contributed by atoms with E-state index in [-0.39, 0.29) is 0 Å². The molecule has 2 aromatic heterocycles. The highest BCUT2D eigenvalue weighted by atomic mass is 79.9. The molecule has 2 aromatic rings. The largest absolute Gasteiger partial charge is 0.325 e. The number of halogens is 1. The number of nitrogens with two attached hydrogens (primary N) is 1. The third-order valence-corrected chi connectivity index (χ3v) is 2.39. The number of nitrogens with zero attached hydrogens (tertiary/aromatic N) is 3. The number of aryl methyl sites for hydroxylation is 1. The summed E-state index contributed by atoms with van der Waals surface area (Å²) >= 11 is 3.29. The quantitative estimate of drug-likeness (QED) is 0.764. The lowest BCUT2D eigenvalue weighted by Gasteiger charge is -1.97. The van der Waals surface area contributed by atoms with Crippen LogP contribution in [-0.4, -0.2) is 14.4 Å². The SMILES string of the molecule is Cc1nc2nc(Br)ccn2c1CN. The van der Waals surface area contributed by atoms with Crippen LogP contribution in [0, 0.1) is 6.92 Å². The zero-order valence-corrected chi connectivity index (χ0v) is 8.74. The Morgan fingerprint density at radius 3 is 3.00 bits per heavy atom. The van der Waals surface area contributed by atoms with Gasteiger partial charge in [-0.05, 0) is 28.9 Å². The van der Waals surface area contributed by atoms with Crippen LogP contribution in [0.4, 0.5) is 0 Å². The van der Waals surface area contributed by atoms with E-state index in [9.17, 15) is 0 Å². The number of hydrogen-bond donors (Lipinski definition) is 1. The van der Waals surface area contributed by atoms with Crippen molar-refractivity contribution in [1.82, 2.24) is 14.4 Å². The molecule has 0 saturated heterocycles. The molecule has 0 spiro atoms. The van der Waals surface area contributed by atoms with Gasteiger partial charge in [0.25, 0.3) is 0 Å². The van der Waals surface area contributed by atoms with Crippen molar-refractivity contribution in [1.29, 1.82) is 0 Å². The Hall–Kier alpha value is -0.940. The van der Waals surface area contributed by atoms with Gasteiger partial charge in [-0.1, -0.05) is 0 Å². The van der Waals surface area contributed by atoms with E-state index in [0.29, 0.717) is 12.3 Å². The van der Waals surface area contributed by atoms with Crippen molar-refractivity contribution in [2.75, 3.05) is 0 Å². The summed E-state index contributed by atoms with van der Waals surface area (Å²) in [7, 11) is 0. The highest BCUT2D eigenvalue weighted by Crippen LogP contribution is 2.12. The van der Waals surface area contributed by atoms with Crippen LogP contribution in [0.15, 0.2) is 16.9 Å². The monoisotopic (exact) mass is 240 g/mol. The third-order valence-electron chi connectivity index (χ3n) is 1.95. The standard InChI is InChI=1S/C8H9BrN4/c1-5-6(4-10)13-3-2-7(9)12-8(13)11-5/h2-3H,4,10H2,1H3. The summed E-state index contributed by atoms with van der Waals surface area (Å²) in [6.45, 7) is 2.42. The van der Waals surface area contributed by atoms with Gasteiger partial charge >= 0.3 is 0 Å². The second-order valence-electron chi connectivity index (χ2n) is 2.77. The minimum atomic E-state index is 0.482. The first-order valence-electron chi connectivity index (χ1n) is 3.92. The smallest absolute Gasteiger partial charge is 0.235 e. The van der Waals surface area contributed by atoms with E-state index in [1.807, 2.05) is 23.6 Å². The zero-order valence-electron chi connectivity index (χ0n) is 7.16. The summed E-state index contributed by atoms with van der Waals surface area (Å²) in [5.41, 5.74) is 7.55. The average Bonchev–Trinajstić information content (AvgIpc) is 2.39. The highest BCUT2D eigenvalue weighted by molar-refractivity contribution is 9.10.